The zero-order valence-electron chi connectivity index (χ0n) is 21.0. The number of anilines is 2. The van der Waals surface area contributed by atoms with Crippen molar-refractivity contribution < 1.29 is 14.3 Å². The Kier molecular flexibility index (Phi) is 9.01. The number of carbonyl (C=O) groups excluding carboxylic acids is 2. The molecular formula is C28H27N5O3S2. The molecule has 8 nitrogen and oxygen atoms in total. The van der Waals surface area contributed by atoms with Gasteiger partial charge in [0.15, 0.2) is 0 Å². The number of nitrogens with two attached hydrogens (primary N) is 1. The van der Waals surface area contributed by atoms with Gasteiger partial charge in [0, 0.05) is 22.6 Å². The number of nitrogen functional groups attached to an aromatic ring is 1. The van der Waals surface area contributed by atoms with Crippen molar-refractivity contribution >= 4 is 45.8 Å². The number of pyridine rings is 1. The molecule has 0 atom stereocenters. The Balaban J connectivity index is 1.52. The van der Waals surface area contributed by atoms with E-state index in [2.05, 4.69) is 22.4 Å². The molecule has 4 rings (SSSR count). The van der Waals surface area contributed by atoms with Crippen LogP contribution in [0.2, 0.25) is 0 Å². The molecule has 1 amide bonds. The number of thiophene rings is 1. The van der Waals surface area contributed by atoms with Crippen LogP contribution < -0.4 is 11.1 Å². The summed E-state index contributed by atoms with van der Waals surface area (Å²) in [6.07, 6.45) is 6.17. The summed E-state index contributed by atoms with van der Waals surface area (Å²) in [5.41, 5.74) is 9.07. The van der Waals surface area contributed by atoms with Gasteiger partial charge in [-0.3, -0.25) is 4.79 Å². The molecule has 0 unspecified atom stereocenters. The largest absolute Gasteiger partial charge is 0.465 e. The fraction of sp³-hybridized carbons (Fsp3) is 0.321. The fourth-order valence-corrected chi connectivity index (χ4v) is 6.78. The van der Waals surface area contributed by atoms with E-state index in [1.165, 1.54) is 30.2 Å². The van der Waals surface area contributed by atoms with E-state index in [0.717, 1.165) is 49.0 Å². The molecule has 0 saturated heterocycles. The monoisotopic (exact) mass is 545 g/mol. The van der Waals surface area contributed by atoms with Crippen molar-refractivity contribution in [2.24, 2.45) is 0 Å². The number of hydrogen-bond donors (Lipinski definition) is 2. The molecule has 0 spiro atoms. The number of benzene rings is 1. The molecule has 3 N–H and O–H groups in total. The lowest BCUT2D eigenvalue weighted by atomic mass is 9.96. The normalized spacial score (nSPS) is 12.8. The van der Waals surface area contributed by atoms with E-state index in [-0.39, 0.29) is 29.3 Å². The molecule has 2 aromatic heterocycles. The molecule has 10 heteroatoms. The van der Waals surface area contributed by atoms with Gasteiger partial charge in [-0.25, -0.2) is 9.78 Å². The Morgan fingerprint density at radius 3 is 2.50 bits per heavy atom. The standard InChI is InChI=1S/C28H27N5O3S2/c1-36-28(35)24-18-11-7-2-3-8-12-21(18)38-27(24)32-22(34)13-14-37-26-20(16-30)23(17-9-5-4-6-10-17)19(15-29)25(31)33-26/h4-6,9-10H,2-3,7-8,11-14H2,1H3,(H2,31,33)(H,32,34). The van der Waals surface area contributed by atoms with Gasteiger partial charge in [0.25, 0.3) is 0 Å². The van der Waals surface area contributed by atoms with E-state index in [4.69, 9.17) is 10.5 Å². The molecule has 1 aliphatic carbocycles. The Morgan fingerprint density at radius 1 is 1.11 bits per heavy atom. The Labute approximate surface area is 229 Å². The number of nitriles is 2. The minimum atomic E-state index is -0.433. The molecule has 0 bridgehead atoms. The molecule has 38 heavy (non-hydrogen) atoms. The summed E-state index contributed by atoms with van der Waals surface area (Å²) >= 11 is 2.68. The summed E-state index contributed by atoms with van der Waals surface area (Å²) in [6, 6.07) is 13.3. The molecule has 0 fully saturated rings. The third kappa shape index (κ3) is 5.83. The number of aryl methyl sites for hydroxylation is 1. The van der Waals surface area contributed by atoms with Crippen LogP contribution >= 0.6 is 23.1 Å². The highest BCUT2D eigenvalue weighted by molar-refractivity contribution is 7.99. The van der Waals surface area contributed by atoms with E-state index < -0.39 is 5.97 Å². The van der Waals surface area contributed by atoms with E-state index in [1.54, 1.807) is 0 Å². The molecule has 0 radical (unpaired) electrons. The van der Waals surface area contributed by atoms with Gasteiger partial charge >= 0.3 is 5.97 Å². The van der Waals surface area contributed by atoms with Crippen molar-refractivity contribution in [2.45, 2.75) is 50.0 Å². The summed E-state index contributed by atoms with van der Waals surface area (Å²) < 4.78 is 5.04. The van der Waals surface area contributed by atoms with Gasteiger partial charge in [-0.05, 0) is 36.8 Å². The van der Waals surface area contributed by atoms with Crippen LogP contribution in [0.15, 0.2) is 35.4 Å². The average Bonchev–Trinajstić information content (AvgIpc) is 3.23. The van der Waals surface area contributed by atoms with Crippen molar-refractivity contribution in [3.63, 3.8) is 0 Å². The number of rotatable bonds is 7. The zero-order valence-corrected chi connectivity index (χ0v) is 22.6. The number of fused-ring (bicyclic) bond motifs is 1. The molecular weight excluding hydrogens is 518 g/mol. The minimum Gasteiger partial charge on any atom is -0.465 e. The number of esters is 1. The topological polar surface area (TPSA) is 142 Å². The fourth-order valence-electron chi connectivity index (χ4n) is 4.55. The van der Waals surface area contributed by atoms with E-state index in [1.807, 2.05) is 30.3 Å². The van der Waals surface area contributed by atoms with Gasteiger partial charge < -0.3 is 15.8 Å². The first-order valence-corrected chi connectivity index (χ1v) is 14.1. The summed E-state index contributed by atoms with van der Waals surface area (Å²) in [4.78, 5) is 30.9. The van der Waals surface area contributed by atoms with Crippen LogP contribution in [0.3, 0.4) is 0 Å². The first-order chi connectivity index (χ1) is 18.5. The maximum Gasteiger partial charge on any atom is 0.341 e. The first-order valence-electron chi connectivity index (χ1n) is 12.3. The van der Waals surface area contributed by atoms with Crippen LogP contribution in [0.4, 0.5) is 10.8 Å². The number of thioether (sulfide) groups is 1. The van der Waals surface area contributed by atoms with E-state index in [0.29, 0.717) is 32.5 Å². The van der Waals surface area contributed by atoms with Crippen molar-refractivity contribution in [3.8, 4) is 23.3 Å². The van der Waals surface area contributed by atoms with Crippen LogP contribution in [-0.4, -0.2) is 29.7 Å². The summed E-state index contributed by atoms with van der Waals surface area (Å²) in [7, 11) is 1.35. The summed E-state index contributed by atoms with van der Waals surface area (Å²) in [5.74, 6) is -0.320. The smallest absolute Gasteiger partial charge is 0.341 e. The maximum atomic E-state index is 12.9. The lowest BCUT2D eigenvalue weighted by Gasteiger charge is -2.13. The van der Waals surface area contributed by atoms with Crippen molar-refractivity contribution in [3.05, 3.63) is 57.5 Å². The predicted octanol–water partition coefficient (Wildman–Crippen LogP) is 5.70. The second kappa shape index (κ2) is 12.6. The van der Waals surface area contributed by atoms with Gasteiger partial charge in [0.05, 0.1) is 18.2 Å². The lowest BCUT2D eigenvalue weighted by molar-refractivity contribution is -0.115. The van der Waals surface area contributed by atoms with Crippen LogP contribution in [0.1, 0.15) is 64.0 Å². The number of carbonyl (C=O) groups is 2. The Hall–Kier alpha value is -3.86. The van der Waals surface area contributed by atoms with Crippen LogP contribution in [-0.2, 0) is 22.4 Å². The number of amides is 1. The van der Waals surface area contributed by atoms with Crippen molar-refractivity contribution in [2.75, 3.05) is 23.9 Å². The van der Waals surface area contributed by atoms with Crippen LogP contribution in [0, 0.1) is 22.7 Å². The Bertz CT molecular complexity index is 1440. The maximum absolute atomic E-state index is 12.9. The highest BCUT2D eigenvalue weighted by Gasteiger charge is 2.26. The summed E-state index contributed by atoms with van der Waals surface area (Å²) in [6.45, 7) is 0. The second-order valence-electron chi connectivity index (χ2n) is 8.78. The van der Waals surface area contributed by atoms with Gasteiger partial charge in [0.2, 0.25) is 5.91 Å². The van der Waals surface area contributed by atoms with Crippen LogP contribution in [0.25, 0.3) is 11.1 Å². The van der Waals surface area contributed by atoms with E-state index in [9.17, 15) is 20.1 Å². The first kappa shape index (κ1) is 27.2. The third-order valence-electron chi connectivity index (χ3n) is 6.36. The van der Waals surface area contributed by atoms with Crippen LogP contribution in [0.5, 0.6) is 0 Å². The second-order valence-corrected chi connectivity index (χ2v) is 11.0. The predicted molar refractivity (Wildman–Crippen MR) is 149 cm³/mol. The quantitative estimate of drug-likeness (QED) is 0.284. The summed E-state index contributed by atoms with van der Waals surface area (Å²) in [5, 5.41) is 23.4. The zero-order chi connectivity index (χ0) is 27.1. The SMILES string of the molecule is COC(=O)c1c(NC(=O)CCSc2nc(N)c(C#N)c(-c3ccccc3)c2C#N)sc2c1CCCCCC2. The van der Waals surface area contributed by atoms with Gasteiger partial charge in [-0.2, -0.15) is 10.5 Å². The number of nitrogens with zero attached hydrogens (tertiary/aromatic N) is 3. The van der Waals surface area contributed by atoms with Gasteiger partial charge in [-0.1, -0.05) is 43.2 Å². The van der Waals surface area contributed by atoms with Crippen molar-refractivity contribution in [1.82, 2.24) is 4.98 Å². The lowest BCUT2D eigenvalue weighted by Crippen LogP contribution is -2.15. The molecule has 1 aromatic carbocycles. The number of hydrogen-bond acceptors (Lipinski definition) is 9. The number of nitrogens with one attached hydrogen (secondary N) is 1. The number of ether oxygens (including phenoxy) is 1. The third-order valence-corrected chi connectivity index (χ3v) is 8.54. The molecule has 0 saturated carbocycles. The molecule has 1 aliphatic rings. The highest BCUT2D eigenvalue weighted by atomic mass is 32.2. The van der Waals surface area contributed by atoms with E-state index >= 15 is 0 Å². The molecule has 2 heterocycles. The molecule has 0 aliphatic heterocycles. The average molecular weight is 546 g/mol. The van der Waals surface area contributed by atoms with Gasteiger partial charge in [-0.15, -0.1) is 23.1 Å². The highest BCUT2D eigenvalue weighted by Crippen LogP contribution is 2.38. The molecule has 3 aromatic rings. The molecule has 194 valence electrons. The van der Waals surface area contributed by atoms with Gasteiger partial charge in [0.1, 0.15) is 33.5 Å². The van der Waals surface area contributed by atoms with Crippen molar-refractivity contribution in [1.29, 1.82) is 10.5 Å². The minimum absolute atomic E-state index is 0.0380. The number of aromatic nitrogens is 1. The Morgan fingerprint density at radius 2 is 1.82 bits per heavy atom. The number of methoxy groups -OCH3 is 1.